The maximum atomic E-state index is 12.1. The van der Waals surface area contributed by atoms with Crippen molar-refractivity contribution in [1.29, 1.82) is 0 Å². The number of amides is 1. The van der Waals surface area contributed by atoms with Crippen molar-refractivity contribution in [3.63, 3.8) is 0 Å². The Morgan fingerprint density at radius 1 is 1.10 bits per heavy atom. The number of carbonyl (C=O) groups is 2. The standard InChI is InChI=1S/C23H38ClNO5Si/c1-22(2,3)29-21(27)25-19(20(26)28-6)16-17-10-12-18(13-11-17)30-31(7,8)23(4,5)14-9-15-24/h10-13,19H,9,14-16H2,1-8H3,(H,25,27)/t19-/m0/s1. The molecule has 0 saturated heterocycles. The number of alkyl carbamates (subject to hydrolysis) is 1. The van der Waals surface area contributed by atoms with E-state index < -0.39 is 32.0 Å². The van der Waals surface area contributed by atoms with Crippen LogP contribution in [-0.4, -0.2) is 45.0 Å². The van der Waals surface area contributed by atoms with Gasteiger partial charge in [-0.25, -0.2) is 9.59 Å². The molecular formula is C23H38ClNO5Si. The number of carbonyl (C=O) groups excluding carboxylic acids is 2. The zero-order valence-corrected chi connectivity index (χ0v) is 21.9. The van der Waals surface area contributed by atoms with E-state index in [9.17, 15) is 9.59 Å². The van der Waals surface area contributed by atoms with Gasteiger partial charge in [0.1, 0.15) is 17.4 Å². The van der Waals surface area contributed by atoms with E-state index in [-0.39, 0.29) is 11.5 Å². The molecule has 8 heteroatoms. The minimum atomic E-state index is -2.03. The van der Waals surface area contributed by atoms with Crippen LogP contribution < -0.4 is 9.74 Å². The van der Waals surface area contributed by atoms with Gasteiger partial charge in [-0.1, -0.05) is 26.0 Å². The molecule has 0 aromatic heterocycles. The van der Waals surface area contributed by atoms with Gasteiger partial charge in [-0.05, 0) is 69.4 Å². The van der Waals surface area contributed by atoms with Crippen molar-refractivity contribution < 1.29 is 23.5 Å². The summed E-state index contributed by atoms with van der Waals surface area (Å²) in [7, 11) is -0.740. The summed E-state index contributed by atoms with van der Waals surface area (Å²) >= 11 is 5.88. The second-order valence-electron chi connectivity index (χ2n) is 9.86. The molecule has 1 amide bonds. The Hall–Kier alpha value is -1.73. The molecule has 0 spiro atoms. The number of ether oxygens (including phenoxy) is 2. The molecule has 6 nitrogen and oxygen atoms in total. The summed E-state index contributed by atoms with van der Waals surface area (Å²) in [6.07, 6.45) is 1.61. The predicted molar refractivity (Wildman–Crippen MR) is 127 cm³/mol. The van der Waals surface area contributed by atoms with Crippen LogP contribution in [0, 0.1) is 0 Å². The van der Waals surface area contributed by atoms with E-state index in [2.05, 4.69) is 32.3 Å². The number of rotatable bonds is 10. The Labute approximate surface area is 193 Å². The molecule has 1 rings (SSSR count). The zero-order chi connectivity index (χ0) is 23.9. The van der Waals surface area contributed by atoms with E-state index in [1.807, 2.05) is 24.3 Å². The maximum absolute atomic E-state index is 12.1. The quantitative estimate of drug-likeness (QED) is 0.270. The zero-order valence-electron chi connectivity index (χ0n) is 20.1. The van der Waals surface area contributed by atoms with Crippen LogP contribution in [-0.2, 0) is 20.7 Å². The molecule has 0 aliphatic rings. The monoisotopic (exact) mass is 471 g/mol. The molecule has 31 heavy (non-hydrogen) atoms. The number of halogens is 1. The van der Waals surface area contributed by atoms with Crippen molar-refractivity contribution in [2.24, 2.45) is 0 Å². The van der Waals surface area contributed by atoms with Gasteiger partial charge in [0, 0.05) is 12.3 Å². The number of benzene rings is 1. The minimum Gasteiger partial charge on any atom is -0.543 e. The molecule has 176 valence electrons. The summed E-state index contributed by atoms with van der Waals surface area (Å²) in [5.41, 5.74) is 0.220. The number of alkyl halides is 1. The van der Waals surface area contributed by atoms with Gasteiger partial charge in [0.05, 0.1) is 7.11 Å². The van der Waals surface area contributed by atoms with Crippen LogP contribution in [0.2, 0.25) is 18.1 Å². The van der Waals surface area contributed by atoms with Gasteiger partial charge in [-0.15, -0.1) is 11.6 Å². The van der Waals surface area contributed by atoms with E-state index in [1.54, 1.807) is 20.8 Å². The van der Waals surface area contributed by atoms with Gasteiger partial charge in [-0.3, -0.25) is 0 Å². The van der Waals surface area contributed by atoms with E-state index in [1.165, 1.54) is 7.11 Å². The Kier molecular flexibility index (Phi) is 9.89. The molecule has 1 N–H and O–H groups in total. The normalized spacial score (nSPS) is 13.3. The molecule has 0 radical (unpaired) electrons. The summed E-state index contributed by atoms with van der Waals surface area (Å²) in [4.78, 5) is 24.2. The SMILES string of the molecule is COC(=O)[C@H](Cc1ccc(O[Si](C)(C)C(C)(C)CCCCl)cc1)NC(=O)OC(C)(C)C. The van der Waals surface area contributed by atoms with Crippen molar-refractivity contribution in [3.8, 4) is 5.75 Å². The van der Waals surface area contributed by atoms with Crippen LogP contribution in [0.1, 0.15) is 53.0 Å². The van der Waals surface area contributed by atoms with E-state index >= 15 is 0 Å². The van der Waals surface area contributed by atoms with Crippen LogP contribution in [0.25, 0.3) is 0 Å². The first kappa shape index (κ1) is 27.3. The molecule has 0 aliphatic carbocycles. The molecule has 1 aromatic rings. The van der Waals surface area contributed by atoms with Crippen LogP contribution in [0.3, 0.4) is 0 Å². The molecule has 1 atom stereocenters. The van der Waals surface area contributed by atoms with Crippen LogP contribution in [0.15, 0.2) is 24.3 Å². The van der Waals surface area contributed by atoms with Gasteiger partial charge >= 0.3 is 12.1 Å². The average Bonchev–Trinajstić information content (AvgIpc) is 2.64. The first-order valence-electron chi connectivity index (χ1n) is 10.6. The Morgan fingerprint density at radius 3 is 2.16 bits per heavy atom. The lowest BCUT2D eigenvalue weighted by atomic mass is 10.1. The van der Waals surface area contributed by atoms with E-state index in [0.717, 1.165) is 24.2 Å². The summed E-state index contributed by atoms with van der Waals surface area (Å²) < 4.78 is 16.5. The molecule has 0 heterocycles. The highest BCUT2D eigenvalue weighted by atomic mass is 35.5. The third-order valence-electron chi connectivity index (χ3n) is 5.48. The molecule has 0 unspecified atom stereocenters. The molecule has 0 aliphatic heterocycles. The third-order valence-corrected chi connectivity index (χ3v) is 10.0. The average molecular weight is 472 g/mol. The number of esters is 1. The number of hydrogen-bond donors (Lipinski definition) is 1. The smallest absolute Gasteiger partial charge is 0.408 e. The molecule has 0 saturated carbocycles. The molecular weight excluding hydrogens is 434 g/mol. The number of methoxy groups -OCH3 is 1. The van der Waals surface area contributed by atoms with Crippen molar-refractivity contribution in [2.45, 2.75) is 83.7 Å². The van der Waals surface area contributed by atoms with Crippen molar-refractivity contribution >= 4 is 32.0 Å². The second kappa shape index (κ2) is 11.2. The first-order valence-corrected chi connectivity index (χ1v) is 14.1. The largest absolute Gasteiger partial charge is 0.543 e. The minimum absolute atomic E-state index is 0.0773. The Bertz CT molecular complexity index is 728. The van der Waals surface area contributed by atoms with E-state index in [0.29, 0.717) is 5.88 Å². The van der Waals surface area contributed by atoms with Gasteiger partial charge < -0.3 is 19.2 Å². The van der Waals surface area contributed by atoms with Crippen molar-refractivity contribution in [2.75, 3.05) is 13.0 Å². The number of hydrogen-bond acceptors (Lipinski definition) is 5. The van der Waals surface area contributed by atoms with Gasteiger partial charge in [0.15, 0.2) is 0 Å². The lowest BCUT2D eigenvalue weighted by molar-refractivity contribution is -0.143. The highest BCUT2D eigenvalue weighted by Crippen LogP contribution is 2.42. The fraction of sp³-hybridized carbons (Fsp3) is 0.652. The fourth-order valence-electron chi connectivity index (χ4n) is 2.96. The Morgan fingerprint density at radius 2 is 1.68 bits per heavy atom. The highest BCUT2D eigenvalue weighted by Gasteiger charge is 2.42. The first-order chi connectivity index (χ1) is 14.2. The van der Waals surface area contributed by atoms with Gasteiger partial charge in [0.2, 0.25) is 0 Å². The summed E-state index contributed by atoms with van der Waals surface area (Å²) in [6.45, 7) is 14.2. The van der Waals surface area contributed by atoms with Crippen molar-refractivity contribution in [1.82, 2.24) is 5.32 Å². The summed E-state index contributed by atoms with van der Waals surface area (Å²) in [5.74, 6) is 0.927. The number of nitrogens with one attached hydrogen (secondary N) is 1. The molecule has 0 bridgehead atoms. The van der Waals surface area contributed by atoms with Crippen LogP contribution >= 0.6 is 11.6 Å². The summed E-state index contributed by atoms with van der Waals surface area (Å²) in [5, 5.41) is 2.67. The molecule has 0 fully saturated rings. The van der Waals surface area contributed by atoms with Gasteiger partial charge in [0.25, 0.3) is 8.32 Å². The maximum Gasteiger partial charge on any atom is 0.408 e. The fourth-order valence-corrected chi connectivity index (χ4v) is 4.87. The topological polar surface area (TPSA) is 73.9 Å². The third kappa shape index (κ3) is 9.11. The predicted octanol–water partition coefficient (Wildman–Crippen LogP) is 5.68. The lowest BCUT2D eigenvalue weighted by Crippen LogP contribution is -2.45. The summed E-state index contributed by atoms with van der Waals surface area (Å²) in [6, 6.07) is 6.77. The second-order valence-corrected chi connectivity index (χ2v) is 14.8. The lowest BCUT2D eigenvalue weighted by Gasteiger charge is -2.39. The molecule has 1 aromatic carbocycles. The van der Waals surface area contributed by atoms with Crippen molar-refractivity contribution in [3.05, 3.63) is 29.8 Å². The Balaban J connectivity index is 2.86. The van der Waals surface area contributed by atoms with Crippen LogP contribution in [0.5, 0.6) is 5.75 Å². The van der Waals surface area contributed by atoms with Crippen LogP contribution in [0.4, 0.5) is 4.79 Å². The van der Waals surface area contributed by atoms with Gasteiger partial charge in [-0.2, -0.15) is 0 Å². The van der Waals surface area contributed by atoms with E-state index in [4.69, 9.17) is 25.5 Å². The highest BCUT2D eigenvalue weighted by molar-refractivity contribution is 6.74.